The van der Waals surface area contributed by atoms with Gasteiger partial charge in [0.05, 0.1) is 6.54 Å². The molecule has 1 aliphatic rings. The van der Waals surface area contributed by atoms with E-state index in [1.165, 1.54) is 22.2 Å². The molecule has 2 aromatic heterocycles. The second kappa shape index (κ2) is 5.74. The molecule has 1 aromatic carbocycles. The number of aryl methyl sites for hydroxylation is 3. The number of benzene rings is 1. The predicted molar refractivity (Wildman–Crippen MR) is 89.3 cm³/mol. The quantitative estimate of drug-likeness (QED) is 0.796. The Labute approximate surface area is 139 Å². The van der Waals surface area contributed by atoms with E-state index in [-0.39, 0.29) is 5.91 Å². The number of tetrazole rings is 1. The summed E-state index contributed by atoms with van der Waals surface area (Å²) < 4.78 is 1.67. The van der Waals surface area contributed by atoms with E-state index in [0.717, 1.165) is 24.3 Å². The Morgan fingerprint density at radius 1 is 1.33 bits per heavy atom. The van der Waals surface area contributed by atoms with Gasteiger partial charge >= 0.3 is 0 Å². The molecule has 7 nitrogen and oxygen atoms in total. The van der Waals surface area contributed by atoms with Crippen molar-refractivity contribution in [2.45, 2.75) is 39.8 Å². The number of nitrogens with zero attached hydrogens (tertiary/aromatic N) is 5. The molecule has 0 fully saturated rings. The Kier molecular flexibility index (Phi) is 3.55. The van der Waals surface area contributed by atoms with Gasteiger partial charge in [0.1, 0.15) is 5.82 Å². The van der Waals surface area contributed by atoms with Crippen molar-refractivity contribution in [1.82, 2.24) is 30.1 Å². The summed E-state index contributed by atoms with van der Waals surface area (Å²) in [5, 5.41) is 12.6. The normalized spacial score (nSPS) is 14.2. The van der Waals surface area contributed by atoms with Gasteiger partial charge in [0, 0.05) is 48.1 Å². The number of nitrogens with one attached hydrogen (secondary N) is 1. The molecule has 3 aromatic rings. The van der Waals surface area contributed by atoms with E-state index in [1.807, 2.05) is 11.8 Å². The van der Waals surface area contributed by atoms with Crippen LogP contribution in [-0.2, 0) is 24.3 Å². The average molecular weight is 324 g/mol. The molecule has 0 aliphatic carbocycles. The summed E-state index contributed by atoms with van der Waals surface area (Å²) in [5.41, 5.74) is 4.91. The van der Waals surface area contributed by atoms with Crippen LogP contribution in [0.2, 0.25) is 0 Å². The Bertz CT molecular complexity index is 909. The highest BCUT2D eigenvalue weighted by atomic mass is 16.2. The van der Waals surface area contributed by atoms with Crippen molar-refractivity contribution in [2.75, 3.05) is 6.54 Å². The maximum absolute atomic E-state index is 12.6. The molecule has 124 valence electrons. The van der Waals surface area contributed by atoms with Gasteiger partial charge in [0.15, 0.2) is 0 Å². The third-order valence-corrected chi connectivity index (χ3v) is 4.73. The molecule has 0 saturated heterocycles. The number of carbonyl (C=O) groups is 1. The van der Waals surface area contributed by atoms with E-state index >= 15 is 0 Å². The monoisotopic (exact) mass is 324 g/mol. The molecule has 0 bridgehead atoms. The van der Waals surface area contributed by atoms with Crippen molar-refractivity contribution in [2.24, 2.45) is 0 Å². The van der Waals surface area contributed by atoms with E-state index in [4.69, 9.17) is 0 Å². The molecule has 0 spiro atoms. The Morgan fingerprint density at radius 3 is 3.00 bits per heavy atom. The standard InChI is InChI=1S/C17H20N6O/c1-11-3-4-15-13(9-11)14-10-22(7-5-16(14)18-15)17(24)6-8-23-12(2)19-20-21-23/h3-4,9,18H,5-8,10H2,1-2H3. The van der Waals surface area contributed by atoms with Crippen LogP contribution in [0.15, 0.2) is 18.2 Å². The number of carbonyl (C=O) groups excluding carboxylic acids is 1. The summed E-state index contributed by atoms with van der Waals surface area (Å²) in [5.74, 6) is 0.883. The largest absolute Gasteiger partial charge is 0.358 e. The van der Waals surface area contributed by atoms with Gasteiger partial charge < -0.3 is 9.88 Å². The second-order valence-electron chi connectivity index (χ2n) is 6.40. The predicted octanol–water partition coefficient (Wildman–Crippen LogP) is 1.75. The number of hydrogen-bond donors (Lipinski definition) is 1. The average Bonchev–Trinajstić information content (AvgIpc) is 3.15. The summed E-state index contributed by atoms with van der Waals surface area (Å²) in [6.45, 7) is 5.89. The van der Waals surface area contributed by atoms with Crippen LogP contribution < -0.4 is 0 Å². The molecular weight excluding hydrogens is 304 g/mol. The van der Waals surface area contributed by atoms with Gasteiger partial charge in [0.25, 0.3) is 0 Å². The van der Waals surface area contributed by atoms with Crippen molar-refractivity contribution in [3.63, 3.8) is 0 Å². The second-order valence-corrected chi connectivity index (χ2v) is 6.40. The summed E-state index contributed by atoms with van der Waals surface area (Å²) >= 11 is 0. The maximum Gasteiger partial charge on any atom is 0.224 e. The number of H-pyrrole nitrogens is 1. The van der Waals surface area contributed by atoms with Gasteiger partial charge in [-0.2, -0.15) is 0 Å². The lowest BCUT2D eigenvalue weighted by molar-refractivity contribution is -0.132. The van der Waals surface area contributed by atoms with Crippen LogP contribution in [0.25, 0.3) is 10.9 Å². The van der Waals surface area contributed by atoms with Crippen molar-refractivity contribution in [3.05, 3.63) is 40.8 Å². The van der Waals surface area contributed by atoms with E-state index in [9.17, 15) is 4.79 Å². The minimum absolute atomic E-state index is 0.151. The fourth-order valence-electron chi connectivity index (χ4n) is 3.36. The topological polar surface area (TPSA) is 79.7 Å². The molecule has 1 amide bonds. The van der Waals surface area contributed by atoms with Gasteiger partial charge in [-0.05, 0) is 36.4 Å². The lowest BCUT2D eigenvalue weighted by atomic mass is 10.0. The van der Waals surface area contributed by atoms with Crippen LogP contribution in [0.5, 0.6) is 0 Å². The first-order valence-corrected chi connectivity index (χ1v) is 8.22. The van der Waals surface area contributed by atoms with Gasteiger partial charge in [-0.25, -0.2) is 4.68 Å². The van der Waals surface area contributed by atoms with Crippen molar-refractivity contribution in [3.8, 4) is 0 Å². The van der Waals surface area contributed by atoms with E-state index in [2.05, 4.69) is 45.6 Å². The van der Waals surface area contributed by atoms with E-state index < -0.39 is 0 Å². The van der Waals surface area contributed by atoms with Crippen LogP contribution >= 0.6 is 0 Å². The zero-order valence-electron chi connectivity index (χ0n) is 13.9. The molecule has 1 aliphatic heterocycles. The third kappa shape index (κ3) is 2.55. The molecule has 24 heavy (non-hydrogen) atoms. The number of hydrogen-bond acceptors (Lipinski definition) is 4. The highest BCUT2D eigenvalue weighted by molar-refractivity contribution is 5.86. The molecule has 0 radical (unpaired) electrons. The minimum Gasteiger partial charge on any atom is -0.358 e. The zero-order valence-corrected chi connectivity index (χ0v) is 13.9. The van der Waals surface area contributed by atoms with Crippen molar-refractivity contribution in [1.29, 1.82) is 0 Å². The van der Waals surface area contributed by atoms with Crippen LogP contribution in [0.1, 0.15) is 29.1 Å². The van der Waals surface area contributed by atoms with Crippen LogP contribution in [0.4, 0.5) is 0 Å². The fraction of sp³-hybridized carbons (Fsp3) is 0.412. The molecule has 0 unspecified atom stereocenters. The first kappa shape index (κ1) is 14.9. The zero-order chi connectivity index (χ0) is 16.7. The first-order valence-electron chi connectivity index (χ1n) is 8.22. The summed E-state index contributed by atoms with van der Waals surface area (Å²) in [4.78, 5) is 18.0. The Hall–Kier alpha value is -2.70. The Morgan fingerprint density at radius 2 is 2.21 bits per heavy atom. The Balaban J connectivity index is 1.51. The molecule has 3 heterocycles. The molecular formula is C17H20N6O. The third-order valence-electron chi connectivity index (χ3n) is 4.73. The summed E-state index contributed by atoms with van der Waals surface area (Å²) in [7, 11) is 0. The molecule has 4 rings (SSSR count). The molecule has 1 N–H and O–H groups in total. The highest BCUT2D eigenvalue weighted by Crippen LogP contribution is 2.28. The first-order chi connectivity index (χ1) is 11.6. The van der Waals surface area contributed by atoms with Crippen LogP contribution in [-0.4, -0.2) is 42.5 Å². The van der Waals surface area contributed by atoms with Crippen LogP contribution in [0.3, 0.4) is 0 Å². The van der Waals surface area contributed by atoms with E-state index in [0.29, 0.717) is 19.5 Å². The van der Waals surface area contributed by atoms with Gasteiger partial charge in [0.2, 0.25) is 5.91 Å². The number of fused-ring (bicyclic) bond motifs is 3. The maximum atomic E-state index is 12.6. The lowest BCUT2D eigenvalue weighted by Crippen LogP contribution is -2.36. The van der Waals surface area contributed by atoms with Crippen molar-refractivity contribution >= 4 is 16.8 Å². The highest BCUT2D eigenvalue weighted by Gasteiger charge is 2.24. The number of amides is 1. The van der Waals surface area contributed by atoms with Gasteiger partial charge in [-0.1, -0.05) is 11.6 Å². The lowest BCUT2D eigenvalue weighted by Gasteiger charge is -2.27. The number of aromatic nitrogens is 5. The number of rotatable bonds is 3. The molecule has 7 heteroatoms. The summed E-state index contributed by atoms with van der Waals surface area (Å²) in [6, 6.07) is 6.43. The number of aromatic amines is 1. The van der Waals surface area contributed by atoms with E-state index in [1.54, 1.807) is 4.68 Å². The molecule has 0 saturated carbocycles. The summed E-state index contributed by atoms with van der Waals surface area (Å²) in [6.07, 6.45) is 1.29. The fourth-order valence-corrected chi connectivity index (χ4v) is 3.36. The minimum atomic E-state index is 0.151. The van der Waals surface area contributed by atoms with Crippen LogP contribution in [0, 0.1) is 13.8 Å². The molecule has 0 atom stereocenters. The SMILES string of the molecule is Cc1ccc2[nH]c3c(c2c1)CN(C(=O)CCn1nnnc1C)CC3. The van der Waals surface area contributed by atoms with Crippen molar-refractivity contribution < 1.29 is 4.79 Å². The van der Waals surface area contributed by atoms with Gasteiger partial charge in [-0.3, -0.25) is 4.79 Å². The van der Waals surface area contributed by atoms with Gasteiger partial charge in [-0.15, -0.1) is 5.10 Å². The smallest absolute Gasteiger partial charge is 0.224 e.